The molecule has 0 atom stereocenters. The van der Waals surface area contributed by atoms with Gasteiger partial charge in [0.2, 0.25) is 11.9 Å². The molecule has 138 valence electrons. The summed E-state index contributed by atoms with van der Waals surface area (Å²) in [5, 5.41) is 3.23. The van der Waals surface area contributed by atoms with Gasteiger partial charge in [0, 0.05) is 12.1 Å². The van der Waals surface area contributed by atoms with Crippen LogP contribution in [0.5, 0.6) is 0 Å². The highest BCUT2D eigenvalue weighted by molar-refractivity contribution is 6.01. The van der Waals surface area contributed by atoms with Crippen molar-refractivity contribution in [3.05, 3.63) is 41.0 Å². The van der Waals surface area contributed by atoms with Crippen molar-refractivity contribution < 1.29 is 4.79 Å². The third-order valence-electron chi connectivity index (χ3n) is 4.71. The minimum Gasteiger partial charge on any atom is -0.383 e. The lowest BCUT2D eigenvalue weighted by molar-refractivity contribution is -0.117. The Morgan fingerprint density at radius 3 is 2.77 bits per heavy atom. The summed E-state index contributed by atoms with van der Waals surface area (Å²) in [6, 6.07) is 8.31. The Bertz CT molecular complexity index is 790. The van der Waals surface area contributed by atoms with Crippen molar-refractivity contribution in [2.45, 2.75) is 52.5 Å². The van der Waals surface area contributed by atoms with Crippen molar-refractivity contribution in [1.82, 2.24) is 9.97 Å². The largest absolute Gasteiger partial charge is 0.383 e. The number of fused-ring (bicyclic) bond motifs is 1. The molecule has 1 aromatic heterocycles. The van der Waals surface area contributed by atoms with Crippen LogP contribution >= 0.6 is 0 Å². The minimum atomic E-state index is 0.0195. The van der Waals surface area contributed by atoms with E-state index in [0.717, 1.165) is 43.4 Å². The van der Waals surface area contributed by atoms with E-state index in [2.05, 4.69) is 41.3 Å². The average Bonchev–Trinajstić information content (AvgIpc) is 2.95. The summed E-state index contributed by atoms with van der Waals surface area (Å²) in [6.07, 6.45) is 4.62. The van der Waals surface area contributed by atoms with Gasteiger partial charge in [-0.1, -0.05) is 51.0 Å². The molecule has 0 spiro atoms. The number of nitrogens with one attached hydrogen (secondary N) is 1. The molecule has 0 bridgehead atoms. The van der Waals surface area contributed by atoms with Crippen molar-refractivity contribution in [3.63, 3.8) is 0 Å². The molecule has 1 amide bonds. The molecular formula is C20H27N5O. The molecular weight excluding hydrogens is 326 g/mol. The number of carbonyl (C=O) groups excluding carboxylic acids is 1. The number of hydrogen-bond donors (Lipinski definition) is 2. The number of nitrogens with zero attached hydrogens (tertiary/aromatic N) is 3. The van der Waals surface area contributed by atoms with E-state index in [4.69, 9.17) is 5.73 Å². The van der Waals surface area contributed by atoms with Gasteiger partial charge in [-0.15, -0.1) is 0 Å². The number of anilines is 3. The zero-order valence-electron chi connectivity index (χ0n) is 15.6. The number of aryl methyl sites for hydroxylation is 1. The lowest BCUT2D eigenvalue weighted by atomic mass is 10.1. The number of amides is 1. The summed E-state index contributed by atoms with van der Waals surface area (Å²) in [4.78, 5) is 23.2. The Labute approximate surface area is 154 Å². The first-order valence-electron chi connectivity index (χ1n) is 9.40. The second-order valence-electron chi connectivity index (χ2n) is 6.70. The van der Waals surface area contributed by atoms with E-state index < -0.39 is 0 Å². The van der Waals surface area contributed by atoms with Crippen LogP contribution in [0.4, 0.5) is 17.6 Å². The highest BCUT2D eigenvalue weighted by atomic mass is 16.2. The molecule has 0 fully saturated rings. The maximum Gasteiger partial charge on any atom is 0.233 e. The van der Waals surface area contributed by atoms with E-state index in [0.29, 0.717) is 24.1 Å². The van der Waals surface area contributed by atoms with Gasteiger partial charge in [0.25, 0.3) is 0 Å². The minimum absolute atomic E-state index is 0.0195. The molecule has 2 aromatic rings. The van der Waals surface area contributed by atoms with E-state index in [1.54, 1.807) is 4.90 Å². The fraction of sp³-hybridized carbons (Fsp3) is 0.450. The Morgan fingerprint density at radius 2 is 2.00 bits per heavy atom. The maximum atomic E-state index is 12.5. The summed E-state index contributed by atoms with van der Waals surface area (Å²) in [5.41, 5.74) is 9.19. The third-order valence-corrected chi connectivity index (χ3v) is 4.71. The van der Waals surface area contributed by atoms with Crippen molar-refractivity contribution in [3.8, 4) is 0 Å². The van der Waals surface area contributed by atoms with Gasteiger partial charge in [0.1, 0.15) is 11.6 Å². The molecule has 0 unspecified atom stereocenters. The highest BCUT2D eigenvalue weighted by Crippen LogP contribution is 2.32. The molecule has 2 heterocycles. The van der Waals surface area contributed by atoms with E-state index in [1.165, 1.54) is 5.56 Å². The fourth-order valence-electron chi connectivity index (χ4n) is 3.19. The molecule has 0 saturated heterocycles. The van der Waals surface area contributed by atoms with Gasteiger partial charge in [-0.2, -0.15) is 9.97 Å². The normalized spacial score (nSPS) is 13.2. The number of aromatic nitrogens is 2. The standard InChI is InChI=1S/C20H27N5O/c1-3-5-6-10-22-20-23-18(21)16-12-17(26)25(19(16)24-20)13-15-9-7-8-14(4-2)11-15/h7-9,11H,3-6,10,12-13H2,1-2H3,(H3,21,22,23,24). The maximum absolute atomic E-state index is 12.5. The quantitative estimate of drug-likeness (QED) is 0.711. The van der Waals surface area contributed by atoms with Crippen LogP contribution in [0.15, 0.2) is 24.3 Å². The molecule has 1 aliphatic rings. The summed E-state index contributed by atoms with van der Waals surface area (Å²) in [5.74, 6) is 1.55. The highest BCUT2D eigenvalue weighted by Gasteiger charge is 2.32. The molecule has 0 saturated carbocycles. The predicted octanol–water partition coefficient (Wildman–Crippen LogP) is 3.31. The van der Waals surface area contributed by atoms with Crippen LogP contribution in [0.3, 0.4) is 0 Å². The third kappa shape index (κ3) is 3.95. The molecule has 3 rings (SSSR count). The van der Waals surface area contributed by atoms with Gasteiger partial charge in [-0.25, -0.2) is 0 Å². The van der Waals surface area contributed by atoms with Crippen LogP contribution in [0.1, 0.15) is 49.8 Å². The number of nitrogen functional groups attached to an aromatic ring is 1. The predicted molar refractivity (Wildman–Crippen MR) is 105 cm³/mol. The second kappa shape index (κ2) is 8.17. The molecule has 3 N–H and O–H groups in total. The van der Waals surface area contributed by atoms with Crippen molar-refractivity contribution in [2.75, 3.05) is 22.5 Å². The Balaban J connectivity index is 1.81. The van der Waals surface area contributed by atoms with Gasteiger partial charge in [-0.05, 0) is 24.0 Å². The van der Waals surface area contributed by atoms with E-state index in [1.807, 2.05) is 12.1 Å². The summed E-state index contributed by atoms with van der Waals surface area (Å²) in [7, 11) is 0. The van der Waals surface area contributed by atoms with E-state index in [9.17, 15) is 4.79 Å². The Hall–Kier alpha value is -2.63. The van der Waals surface area contributed by atoms with Crippen LogP contribution in [0, 0.1) is 0 Å². The van der Waals surface area contributed by atoms with Gasteiger partial charge >= 0.3 is 0 Å². The summed E-state index contributed by atoms with van der Waals surface area (Å²) in [6.45, 7) is 5.60. The van der Waals surface area contributed by atoms with Crippen molar-refractivity contribution >= 4 is 23.5 Å². The monoisotopic (exact) mass is 353 g/mol. The van der Waals surface area contributed by atoms with Crippen molar-refractivity contribution in [1.29, 1.82) is 0 Å². The van der Waals surface area contributed by atoms with E-state index in [-0.39, 0.29) is 12.3 Å². The number of nitrogens with two attached hydrogens (primary N) is 1. The fourth-order valence-corrected chi connectivity index (χ4v) is 3.19. The number of carbonyl (C=O) groups is 1. The molecule has 6 heteroatoms. The first-order valence-corrected chi connectivity index (χ1v) is 9.40. The Kier molecular flexibility index (Phi) is 5.71. The smallest absolute Gasteiger partial charge is 0.233 e. The SMILES string of the molecule is CCCCCNc1nc(N)c2c(n1)N(Cc1cccc(CC)c1)C(=O)C2. The first-order chi connectivity index (χ1) is 12.6. The summed E-state index contributed by atoms with van der Waals surface area (Å²) < 4.78 is 0. The van der Waals surface area contributed by atoms with Crippen LogP contribution < -0.4 is 16.0 Å². The number of rotatable bonds is 8. The molecule has 0 radical (unpaired) electrons. The van der Waals surface area contributed by atoms with Crippen LogP contribution in [0.2, 0.25) is 0 Å². The molecule has 26 heavy (non-hydrogen) atoms. The second-order valence-corrected chi connectivity index (χ2v) is 6.70. The summed E-state index contributed by atoms with van der Waals surface area (Å²) >= 11 is 0. The topological polar surface area (TPSA) is 84.1 Å². The average molecular weight is 353 g/mol. The lowest BCUT2D eigenvalue weighted by Gasteiger charge is -2.18. The molecule has 0 aliphatic carbocycles. The number of hydrogen-bond acceptors (Lipinski definition) is 5. The van der Waals surface area contributed by atoms with Gasteiger partial charge in [0.15, 0.2) is 0 Å². The van der Waals surface area contributed by atoms with Crippen molar-refractivity contribution in [2.24, 2.45) is 0 Å². The van der Waals surface area contributed by atoms with E-state index >= 15 is 0 Å². The molecule has 6 nitrogen and oxygen atoms in total. The zero-order valence-corrected chi connectivity index (χ0v) is 15.6. The molecule has 1 aliphatic heterocycles. The van der Waals surface area contributed by atoms with Gasteiger partial charge in [-0.3, -0.25) is 9.69 Å². The van der Waals surface area contributed by atoms with Gasteiger partial charge in [0.05, 0.1) is 13.0 Å². The zero-order chi connectivity index (χ0) is 18.5. The lowest BCUT2D eigenvalue weighted by Crippen LogP contribution is -2.27. The first kappa shape index (κ1) is 18.2. The number of benzene rings is 1. The number of unbranched alkanes of at least 4 members (excludes halogenated alkanes) is 2. The van der Waals surface area contributed by atoms with Crippen LogP contribution in [0.25, 0.3) is 0 Å². The van der Waals surface area contributed by atoms with Gasteiger partial charge < -0.3 is 11.1 Å². The molecule has 1 aromatic carbocycles. The van der Waals surface area contributed by atoms with Crippen LogP contribution in [-0.4, -0.2) is 22.4 Å². The Morgan fingerprint density at radius 1 is 1.19 bits per heavy atom. The van der Waals surface area contributed by atoms with Crippen LogP contribution in [-0.2, 0) is 24.2 Å².